The van der Waals surface area contributed by atoms with E-state index in [0.29, 0.717) is 17.4 Å². The Labute approximate surface area is 512 Å². The topological polar surface area (TPSA) is 108 Å². The number of hydrogen-bond acceptors (Lipinski definition) is 7. The molecule has 0 saturated heterocycles. The Balaban J connectivity index is 4.11. The van der Waals surface area contributed by atoms with E-state index in [1.54, 1.807) is 0 Å². The van der Waals surface area contributed by atoms with Gasteiger partial charge in [0.15, 0.2) is 6.10 Å². The monoisotopic (exact) mass is 1160 g/mol. The van der Waals surface area contributed by atoms with Crippen LogP contribution in [-0.2, 0) is 33.3 Å². The fraction of sp³-hybridized carbons (Fsp3) is 0.770. The van der Waals surface area contributed by atoms with E-state index in [2.05, 4.69) is 98.9 Å². The van der Waals surface area contributed by atoms with Crippen molar-refractivity contribution in [3.63, 3.8) is 0 Å². The third-order valence-electron chi connectivity index (χ3n) is 15.2. The Morgan fingerprint density at radius 1 is 0.373 bits per heavy atom. The number of carboxylic acids is 1. The van der Waals surface area contributed by atoms with Gasteiger partial charge in [-0.05, 0) is 70.6 Å². The van der Waals surface area contributed by atoms with E-state index in [1.807, 2.05) is 21.1 Å². The number of esters is 2. The van der Waals surface area contributed by atoms with Crippen LogP contribution in [0, 0.1) is 0 Å². The van der Waals surface area contributed by atoms with Crippen molar-refractivity contribution in [1.82, 2.24) is 0 Å². The summed E-state index contributed by atoms with van der Waals surface area (Å²) >= 11 is 0. The highest BCUT2D eigenvalue weighted by Crippen LogP contribution is 2.18. The van der Waals surface area contributed by atoms with Crippen molar-refractivity contribution in [3.05, 3.63) is 85.1 Å². The largest absolute Gasteiger partial charge is 0.477 e. The SMILES string of the molecule is CC/C=C\C/C=C\C/C=C\C/C=C\C/C=C\C/C=C\C/C=C\CCCCCCCCCCCCCCCC(=O)OC(COC(=O)CCCCCCCCCCCCCCCCCCCCCCCCC)COC(OCC[N+](C)(C)C)C(=O)O. The van der Waals surface area contributed by atoms with Gasteiger partial charge < -0.3 is 28.5 Å². The summed E-state index contributed by atoms with van der Waals surface area (Å²) in [5.41, 5.74) is 0. The number of nitrogens with zero attached hydrogens (tertiary/aromatic N) is 1. The maximum atomic E-state index is 12.9. The lowest BCUT2D eigenvalue weighted by Crippen LogP contribution is -2.40. The van der Waals surface area contributed by atoms with Gasteiger partial charge in [0.2, 0.25) is 0 Å². The smallest absolute Gasteiger partial charge is 0.361 e. The molecule has 0 bridgehead atoms. The summed E-state index contributed by atoms with van der Waals surface area (Å²) in [5.74, 6) is -1.99. The molecule has 0 radical (unpaired) electrons. The van der Waals surface area contributed by atoms with Crippen LogP contribution in [0.5, 0.6) is 0 Å². The van der Waals surface area contributed by atoms with Gasteiger partial charge in [0.1, 0.15) is 13.2 Å². The third kappa shape index (κ3) is 65.9. The van der Waals surface area contributed by atoms with Crippen LogP contribution in [0.4, 0.5) is 0 Å². The van der Waals surface area contributed by atoms with Crippen molar-refractivity contribution in [1.29, 1.82) is 0 Å². The lowest BCUT2D eigenvalue weighted by atomic mass is 10.0. The molecule has 0 aromatic rings. The summed E-state index contributed by atoms with van der Waals surface area (Å²) in [5, 5.41) is 9.74. The second kappa shape index (κ2) is 64.5. The molecular formula is C74H132NO8+. The van der Waals surface area contributed by atoms with Crippen molar-refractivity contribution in [2.75, 3.05) is 47.5 Å². The number of carbonyl (C=O) groups is 3. The Kier molecular flexibility index (Phi) is 61.7. The molecule has 2 atom stereocenters. The summed E-state index contributed by atoms with van der Waals surface area (Å²) in [4.78, 5) is 37.6. The number of aliphatic carboxylic acids is 1. The summed E-state index contributed by atoms with van der Waals surface area (Å²) < 4.78 is 23.0. The maximum absolute atomic E-state index is 12.9. The van der Waals surface area contributed by atoms with E-state index in [9.17, 15) is 19.5 Å². The summed E-state index contributed by atoms with van der Waals surface area (Å²) in [6.45, 7) is 4.81. The van der Waals surface area contributed by atoms with Gasteiger partial charge in [0, 0.05) is 12.8 Å². The minimum Gasteiger partial charge on any atom is -0.477 e. The number of hydrogen-bond donors (Lipinski definition) is 1. The average molecular weight is 1160 g/mol. The number of quaternary nitrogens is 1. The van der Waals surface area contributed by atoms with Crippen LogP contribution in [0.15, 0.2) is 85.1 Å². The molecule has 0 rings (SSSR count). The zero-order valence-corrected chi connectivity index (χ0v) is 54.8. The molecule has 0 aromatic carbocycles. The fourth-order valence-electron chi connectivity index (χ4n) is 9.88. The van der Waals surface area contributed by atoms with Crippen LogP contribution in [0.2, 0.25) is 0 Å². The van der Waals surface area contributed by atoms with Gasteiger partial charge in [-0.15, -0.1) is 0 Å². The number of carboxylic acid groups (broad SMARTS) is 1. The first-order chi connectivity index (χ1) is 40.6. The summed E-state index contributed by atoms with van der Waals surface area (Å²) in [6, 6.07) is 0. The predicted molar refractivity (Wildman–Crippen MR) is 355 cm³/mol. The molecule has 0 aromatic heterocycles. The van der Waals surface area contributed by atoms with E-state index in [-0.39, 0.29) is 32.2 Å². The Hall–Kier alpha value is -3.53. The van der Waals surface area contributed by atoms with Gasteiger partial charge in [-0.3, -0.25) is 9.59 Å². The van der Waals surface area contributed by atoms with E-state index in [1.165, 1.54) is 199 Å². The van der Waals surface area contributed by atoms with E-state index in [4.69, 9.17) is 18.9 Å². The zero-order valence-electron chi connectivity index (χ0n) is 54.8. The number of ether oxygens (including phenoxy) is 4. The van der Waals surface area contributed by atoms with Crippen LogP contribution in [0.1, 0.15) is 309 Å². The van der Waals surface area contributed by atoms with Crippen molar-refractivity contribution in [3.8, 4) is 0 Å². The van der Waals surface area contributed by atoms with Gasteiger partial charge in [0.05, 0.1) is 34.4 Å². The first kappa shape index (κ1) is 79.5. The molecule has 0 aliphatic carbocycles. The van der Waals surface area contributed by atoms with Crippen molar-refractivity contribution in [2.45, 2.75) is 322 Å². The molecule has 0 saturated carbocycles. The highest BCUT2D eigenvalue weighted by atomic mass is 16.7. The normalized spacial score (nSPS) is 13.2. The van der Waals surface area contributed by atoms with Gasteiger partial charge >= 0.3 is 17.9 Å². The van der Waals surface area contributed by atoms with Gasteiger partial charge in [0.25, 0.3) is 6.29 Å². The number of carbonyl (C=O) groups excluding carboxylic acids is 2. The highest BCUT2D eigenvalue weighted by molar-refractivity contribution is 5.71. The molecule has 0 aliphatic heterocycles. The predicted octanol–water partition coefficient (Wildman–Crippen LogP) is 21.5. The molecular weight excluding hydrogens is 1030 g/mol. The third-order valence-corrected chi connectivity index (χ3v) is 15.2. The Bertz CT molecular complexity index is 1640. The molecule has 2 unspecified atom stereocenters. The average Bonchev–Trinajstić information content (AvgIpc) is 3.46. The molecule has 0 spiro atoms. The van der Waals surface area contributed by atoms with Crippen LogP contribution in [0.3, 0.4) is 0 Å². The second-order valence-electron chi connectivity index (χ2n) is 24.5. The molecule has 0 aliphatic rings. The van der Waals surface area contributed by atoms with Gasteiger partial charge in [-0.2, -0.15) is 0 Å². The summed E-state index contributed by atoms with van der Waals surface area (Å²) in [7, 11) is 5.98. The Morgan fingerprint density at radius 2 is 0.687 bits per heavy atom. The standard InChI is InChI=1S/C74H131NO8/c1-6-8-10-12-14-16-18-20-22-24-26-28-30-31-32-33-34-35-36-37-38-39-40-41-43-45-47-49-51-53-55-57-59-61-63-65-72(77)83-70(69-82-74(73(78)79)80-67-66-75(3,4)5)68-81-71(76)64-62-60-58-56-54-52-50-48-46-44-42-29-27-25-23-21-19-17-15-13-11-9-7-2/h8,10,14,16,20,22,26,28,31-32,34-35,37-38,70,74H,6-7,9,11-13,15,17-19,21,23-25,27,29-30,33,36,39-69H2,1-5H3/p+1/b10-8-,16-14-,22-20-,28-26-,32-31-,35-34-,38-37-. The van der Waals surface area contributed by atoms with Gasteiger partial charge in [-0.25, -0.2) is 4.79 Å². The number of allylic oxidation sites excluding steroid dienone is 14. The molecule has 0 heterocycles. The van der Waals surface area contributed by atoms with Crippen molar-refractivity contribution >= 4 is 17.9 Å². The van der Waals surface area contributed by atoms with E-state index < -0.39 is 24.3 Å². The lowest BCUT2D eigenvalue weighted by molar-refractivity contribution is -0.870. The quantitative estimate of drug-likeness (QED) is 0.0211. The Morgan fingerprint density at radius 3 is 1.02 bits per heavy atom. The lowest BCUT2D eigenvalue weighted by Gasteiger charge is -2.25. The van der Waals surface area contributed by atoms with Crippen molar-refractivity contribution in [2.24, 2.45) is 0 Å². The molecule has 83 heavy (non-hydrogen) atoms. The molecule has 0 fully saturated rings. The molecule has 0 amide bonds. The number of rotatable bonds is 64. The van der Waals surface area contributed by atoms with Gasteiger partial charge in [-0.1, -0.05) is 311 Å². The van der Waals surface area contributed by atoms with Crippen LogP contribution in [-0.4, -0.2) is 87.4 Å². The van der Waals surface area contributed by atoms with Crippen LogP contribution in [0.25, 0.3) is 0 Å². The van der Waals surface area contributed by atoms with E-state index >= 15 is 0 Å². The molecule has 1 N–H and O–H groups in total. The molecule has 480 valence electrons. The number of unbranched alkanes of at least 4 members (excludes halogenated alkanes) is 35. The van der Waals surface area contributed by atoms with E-state index in [0.717, 1.165) is 83.5 Å². The first-order valence-electron chi connectivity index (χ1n) is 34.8. The van der Waals surface area contributed by atoms with Crippen LogP contribution < -0.4 is 0 Å². The van der Waals surface area contributed by atoms with Crippen molar-refractivity contribution < 1.29 is 42.9 Å². The highest BCUT2D eigenvalue weighted by Gasteiger charge is 2.25. The minimum atomic E-state index is -1.51. The summed E-state index contributed by atoms with van der Waals surface area (Å²) in [6.07, 6.45) is 84.0. The molecule has 9 nitrogen and oxygen atoms in total. The maximum Gasteiger partial charge on any atom is 0.361 e. The zero-order chi connectivity index (χ0) is 60.5. The number of likely N-dealkylation sites (N-methyl/N-ethyl adjacent to an activating group) is 1. The van der Waals surface area contributed by atoms with Crippen LogP contribution >= 0.6 is 0 Å². The fourth-order valence-corrected chi connectivity index (χ4v) is 9.88. The first-order valence-corrected chi connectivity index (χ1v) is 34.8. The molecule has 9 heteroatoms. The second-order valence-corrected chi connectivity index (χ2v) is 24.5. The minimum absolute atomic E-state index is 0.181.